The first-order chi connectivity index (χ1) is 8.97. The number of carboxylic acids is 1. The molecule has 0 aliphatic rings. The summed E-state index contributed by atoms with van der Waals surface area (Å²) in [6.07, 6.45) is 0.535. The Morgan fingerprint density at radius 1 is 1.47 bits per heavy atom. The fraction of sp³-hybridized carbons (Fsp3) is 0.231. The standard InChI is InChI=1S/C13H14FNO4/c1-3-8-19-13(18)15(9(2)12(16)17)11-6-4-10(14)5-7-11/h3-7,9H,1,8H2,2H3,(H,16,17). The van der Waals surface area contributed by atoms with Crippen LogP contribution in [0.1, 0.15) is 6.92 Å². The average Bonchev–Trinajstić information content (AvgIpc) is 2.38. The molecule has 19 heavy (non-hydrogen) atoms. The van der Waals surface area contributed by atoms with Gasteiger partial charge in [-0.05, 0) is 31.2 Å². The lowest BCUT2D eigenvalue weighted by Crippen LogP contribution is -2.43. The van der Waals surface area contributed by atoms with Gasteiger partial charge in [0.05, 0.1) is 0 Å². The number of halogens is 1. The first kappa shape index (κ1) is 14.7. The number of hydrogen-bond donors (Lipinski definition) is 1. The molecular weight excluding hydrogens is 253 g/mol. The van der Waals surface area contributed by atoms with Crippen LogP contribution in [0.3, 0.4) is 0 Å². The monoisotopic (exact) mass is 267 g/mol. The van der Waals surface area contributed by atoms with Crippen LogP contribution in [0.5, 0.6) is 0 Å². The van der Waals surface area contributed by atoms with E-state index in [-0.39, 0.29) is 12.3 Å². The van der Waals surface area contributed by atoms with Crippen molar-refractivity contribution in [1.29, 1.82) is 0 Å². The number of nitrogens with zero attached hydrogens (tertiary/aromatic N) is 1. The summed E-state index contributed by atoms with van der Waals surface area (Å²) < 4.78 is 17.7. The van der Waals surface area contributed by atoms with Crippen molar-refractivity contribution in [2.24, 2.45) is 0 Å². The van der Waals surface area contributed by atoms with E-state index < -0.39 is 23.9 Å². The molecular formula is C13H14FNO4. The number of amides is 1. The smallest absolute Gasteiger partial charge is 0.415 e. The number of aliphatic carboxylic acids is 1. The van der Waals surface area contributed by atoms with Crippen LogP contribution in [0.2, 0.25) is 0 Å². The Bertz CT molecular complexity index is 472. The third kappa shape index (κ3) is 3.80. The lowest BCUT2D eigenvalue weighted by molar-refractivity contribution is -0.138. The highest BCUT2D eigenvalue weighted by Gasteiger charge is 2.28. The van der Waals surface area contributed by atoms with Crippen molar-refractivity contribution in [3.8, 4) is 0 Å². The van der Waals surface area contributed by atoms with Gasteiger partial charge >= 0.3 is 12.1 Å². The molecule has 1 unspecified atom stereocenters. The quantitative estimate of drug-likeness (QED) is 0.832. The molecule has 0 aliphatic carbocycles. The minimum atomic E-state index is -1.19. The van der Waals surface area contributed by atoms with Gasteiger partial charge in [0.1, 0.15) is 18.5 Å². The molecule has 6 heteroatoms. The largest absolute Gasteiger partial charge is 0.480 e. The van der Waals surface area contributed by atoms with Gasteiger partial charge in [0.2, 0.25) is 0 Å². The molecule has 0 saturated heterocycles. The van der Waals surface area contributed by atoms with Gasteiger partial charge in [0.15, 0.2) is 0 Å². The van der Waals surface area contributed by atoms with E-state index in [1.165, 1.54) is 25.1 Å². The highest BCUT2D eigenvalue weighted by molar-refractivity contribution is 5.94. The van der Waals surface area contributed by atoms with Crippen LogP contribution in [0.4, 0.5) is 14.9 Å². The number of rotatable bonds is 5. The highest BCUT2D eigenvalue weighted by Crippen LogP contribution is 2.19. The summed E-state index contributed by atoms with van der Waals surface area (Å²) in [5.41, 5.74) is 0.241. The summed E-state index contributed by atoms with van der Waals surface area (Å²) in [7, 11) is 0. The molecule has 0 bridgehead atoms. The molecule has 0 saturated carbocycles. The number of hydrogen-bond acceptors (Lipinski definition) is 3. The molecule has 1 aromatic rings. The molecule has 0 radical (unpaired) electrons. The predicted octanol–water partition coefficient (Wildman–Crippen LogP) is 2.43. The van der Waals surface area contributed by atoms with E-state index in [4.69, 9.17) is 9.84 Å². The summed E-state index contributed by atoms with van der Waals surface area (Å²) in [5.74, 6) is -1.67. The van der Waals surface area contributed by atoms with Crippen LogP contribution >= 0.6 is 0 Å². The second kappa shape index (κ2) is 6.53. The second-order valence-electron chi connectivity index (χ2n) is 3.73. The molecule has 1 rings (SSSR count). The number of carbonyl (C=O) groups is 2. The molecule has 1 atom stereocenters. The molecule has 0 spiro atoms. The maximum absolute atomic E-state index is 12.8. The Kier molecular flexibility index (Phi) is 5.05. The Morgan fingerprint density at radius 3 is 2.53 bits per heavy atom. The van der Waals surface area contributed by atoms with Crippen molar-refractivity contribution in [1.82, 2.24) is 0 Å². The Morgan fingerprint density at radius 2 is 2.05 bits per heavy atom. The highest BCUT2D eigenvalue weighted by atomic mass is 19.1. The molecule has 1 amide bonds. The molecule has 0 aromatic heterocycles. The number of carboxylic acid groups (broad SMARTS) is 1. The van der Waals surface area contributed by atoms with E-state index >= 15 is 0 Å². The molecule has 0 fully saturated rings. The van der Waals surface area contributed by atoms with Gasteiger partial charge in [-0.1, -0.05) is 12.7 Å². The van der Waals surface area contributed by atoms with E-state index in [0.29, 0.717) is 0 Å². The molecule has 0 aliphatic heterocycles. The topological polar surface area (TPSA) is 66.8 Å². The Labute approximate surface area is 109 Å². The zero-order valence-electron chi connectivity index (χ0n) is 10.4. The van der Waals surface area contributed by atoms with Gasteiger partial charge < -0.3 is 9.84 Å². The lowest BCUT2D eigenvalue weighted by Gasteiger charge is -2.25. The summed E-state index contributed by atoms with van der Waals surface area (Å²) in [5, 5.41) is 9.00. The predicted molar refractivity (Wildman–Crippen MR) is 67.5 cm³/mol. The van der Waals surface area contributed by atoms with E-state index in [0.717, 1.165) is 17.0 Å². The maximum atomic E-state index is 12.8. The van der Waals surface area contributed by atoms with E-state index in [2.05, 4.69) is 6.58 Å². The minimum Gasteiger partial charge on any atom is -0.480 e. The van der Waals surface area contributed by atoms with Crippen LogP contribution in [0.25, 0.3) is 0 Å². The third-order valence-corrected chi connectivity index (χ3v) is 2.37. The SMILES string of the molecule is C=CCOC(=O)N(c1ccc(F)cc1)C(C)C(=O)O. The summed E-state index contributed by atoms with van der Waals surface area (Å²) >= 11 is 0. The summed E-state index contributed by atoms with van der Waals surface area (Å²) in [4.78, 5) is 23.8. The average molecular weight is 267 g/mol. The van der Waals surface area contributed by atoms with Crippen molar-refractivity contribution in [3.05, 3.63) is 42.7 Å². The minimum absolute atomic E-state index is 0.0388. The van der Waals surface area contributed by atoms with Crippen LogP contribution in [-0.2, 0) is 9.53 Å². The third-order valence-electron chi connectivity index (χ3n) is 2.37. The van der Waals surface area contributed by atoms with Crippen molar-refractivity contribution >= 4 is 17.7 Å². The molecule has 1 N–H and O–H groups in total. The van der Waals surface area contributed by atoms with E-state index in [1.807, 2.05) is 0 Å². The summed E-state index contributed by atoms with van der Waals surface area (Å²) in [6.45, 7) is 4.69. The first-order valence-corrected chi connectivity index (χ1v) is 5.52. The fourth-order valence-corrected chi connectivity index (χ4v) is 1.40. The van der Waals surface area contributed by atoms with Crippen molar-refractivity contribution < 1.29 is 23.8 Å². The van der Waals surface area contributed by atoms with Crippen molar-refractivity contribution in [3.63, 3.8) is 0 Å². The molecule has 0 heterocycles. The van der Waals surface area contributed by atoms with Gasteiger partial charge in [0, 0.05) is 5.69 Å². The lowest BCUT2D eigenvalue weighted by atomic mass is 10.2. The van der Waals surface area contributed by atoms with Gasteiger partial charge in [-0.15, -0.1) is 0 Å². The number of ether oxygens (including phenoxy) is 1. The van der Waals surface area contributed by atoms with Crippen LogP contribution in [0.15, 0.2) is 36.9 Å². The normalized spacial score (nSPS) is 11.5. The van der Waals surface area contributed by atoms with Crippen LogP contribution < -0.4 is 4.90 Å². The zero-order valence-corrected chi connectivity index (χ0v) is 10.4. The number of benzene rings is 1. The van der Waals surface area contributed by atoms with Crippen LogP contribution in [-0.4, -0.2) is 29.8 Å². The maximum Gasteiger partial charge on any atom is 0.415 e. The Hall–Kier alpha value is -2.37. The number of anilines is 1. The van der Waals surface area contributed by atoms with E-state index in [9.17, 15) is 14.0 Å². The van der Waals surface area contributed by atoms with Crippen LogP contribution in [0, 0.1) is 5.82 Å². The van der Waals surface area contributed by atoms with Crippen molar-refractivity contribution in [2.75, 3.05) is 11.5 Å². The first-order valence-electron chi connectivity index (χ1n) is 5.52. The van der Waals surface area contributed by atoms with Crippen molar-refractivity contribution in [2.45, 2.75) is 13.0 Å². The zero-order chi connectivity index (χ0) is 14.4. The van der Waals surface area contributed by atoms with Gasteiger partial charge in [-0.2, -0.15) is 0 Å². The number of carbonyl (C=O) groups excluding carboxylic acids is 1. The Balaban J connectivity index is 3.04. The second-order valence-corrected chi connectivity index (χ2v) is 3.73. The molecule has 102 valence electrons. The molecule has 5 nitrogen and oxygen atoms in total. The molecule has 1 aromatic carbocycles. The fourth-order valence-electron chi connectivity index (χ4n) is 1.40. The van der Waals surface area contributed by atoms with Gasteiger partial charge in [-0.25, -0.2) is 14.0 Å². The van der Waals surface area contributed by atoms with Gasteiger partial charge in [0.25, 0.3) is 0 Å². The summed E-state index contributed by atoms with van der Waals surface area (Å²) in [6, 6.07) is 3.76. The van der Waals surface area contributed by atoms with Gasteiger partial charge in [-0.3, -0.25) is 4.90 Å². The van der Waals surface area contributed by atoms with E-state index in [1.54, 1.807) is 0 Å².